The van der Waals surface area contributed by atoms with E-state index in [1.54, 1.807) is 18.2 Å². The normalized spacial score (nSPS) is 10.8. The minimum Gasteiger partial charge on any atom is -0.465 e. The van der Waals surface area contributed by atoms with Gasteiger partial charge in [0.1, 0.15) is 0 Å². The fourth-order valence-corrected chi connectivity index (χ4v) is 3.39. The van der Waals surface area contributed by atoms with Gasteiger partial charge in [-0.1, -0.05) is 35.9 Å². The van der Waals surface area contributed by atoms with Crippen molar-refractivity contribution in [2.24, 2.45) is 0 Å². The molecule has 0 spiro atoms. The van der Waals surface area contributed by atoms with Crippen molar-refractivity contribution in [1.29, 1.82) is 0 Å². The largest absolute Gasteiger partial charge is 0.465 e. The monoisotopic (exact) mass is 466 g/mol. The number of halogens is 2. The number of nitrogens with zero attached hydrogens (tertiary/aromatic N) is 2. The van der Waals surface area contributed by atoms with E-state index in [1.165, 1.54) is 49.5 Å². The minimum atomic E-state index is -1.19. The van der Waals surface area contributed by atoms with E-state index in [2.05, 4.69) is 15.3 Å². The van der Waals surface area contributed by atoms with Crippen LogP contribution in [0.2, 0.25) is 5.02 Å². The smallest absolute Gasteiger partial charge is 0.413 e. The van der Waals surface area contributed by atoms with Crippen LogP contribution in [0.5, 0.6) is 0 Å². The third-order valence-electron chi connectivity index (χ3n) is 4.95. The highest BCUT2D eigenvalue weighted by molar-refractivity contribution is 6.31. The van der Waals surface area contributed by atoms with Gasteiger partial charge < -0.3 is 15.4 Å². The van der Waals surface area contributed by atoms with Crippen LogP contribution < -0.4 is 10.2 Å². The van der Waals surface area contributed by atoms with Crippen molar-refractivity contribution >= 4 is 52.1 Å². The summed E-state index contributed by atoms with van der Waals surface area (Å²) in [5.74, 6) is -1.79. The Morgan fingerprint density at radius 2 is 1.79 bits per heavy atom. The van der Waals surface area contributed by atoms with E-state index < -0.39 is 23.6 Å². The lowest BCUT2D eigenvalue weighted by Gasteiger charge is -2.11. The van der Waals surface area contributed by atoms with Gasteiger partial charge in [-0.15, -0.1) is 0 Å². The van der Waals surface area contributed by atoms with Gasteiger partial charge in [0.15, 0.2) is 11.6 Å². The number of carbonyl (C=O) groups excluding carboxylic acids is 2. The maximum absolute atomic E-state index is 14.2. The van der Waals surface area contributed by atoms with Gasteiger partial charge in [-0.25, -0.2) is 14.2 Å². The molecule has 0 fully saturated rings. The summed E-state index contributed by atoms with van der Waals surface area (Å²) in [5, 5.41) is 11.4. The van der Waals surface area contributed by atoms with Crippen LogP contribution in [-0.4, -0.2) is 39.9 Å². The van der Waals surface area contributed by atoms with E-state index in [0.717, 1.165) is 4.90 Å². The molecule has 0 aliphatic heterocycles. The topological polar surface area (TPSA) is 115 Å². The van der Waals surface area contributed by atoms with E-state index in [-0.39, 0.29) is 33.3 Å². The van der Waals surface area contributed by atoms with Crippen LogP contribution in [0.1, 0.15) is 26.3 Å². The summed E-state index contributed by atoms with van der Waals surface area (Å²) in [4.78, 5) is 45.2. The Morgan fingerprint density at radius 1 is 1.06 bits per heavy atom. The number of carboxylic acid groups (broad SMARTS) is 1. The summed E-state index contributed by atoms with van der Waals surface area (Å²) in [6, 6.07) is 15.0. The fourth-order valence-electron chi connectivity index (χ4n) is 3.21. The van der Waals surface area contributed by atoms with Crippen molar-refractivity contribution in [2.75, 3.05) is 17.3 Å². The molecule has 0 aliphatic rings. The average Bonchev–Trinajstić information content (AvgIpc) is 3.24. The number of rotatable bonds is 5. The third-order valence-corrected chi connectivity index (χ3v) is 5.24. The fraction of sp³-hybridized carbons (Fsp3) is 0.0435. The lowest BCUT2D eigenvalue weighted by atomic mass is 9.97. The Balaban J connectivity index is 1.66. The first kappa shape index (κ1) is 22.0. The molecule has 0 atom stereocenters. The van der Waals surface area contributed by atoms with Gasteiger partial charge in [-0.3, -0.25) is 14.5 Å². The number of ketones is 1. The highest BCUT2D eigenvalue weighted by Gasteiger charge is 2.21. The molecule has 1 heterocycles. The van der Waals surface area contributed by atoms with Crippen molar-refractivity contribution in [3.63, 3.8) is 0 Å². The van der Waals surface area contributed by atoms with E-state index in [4.69, 9.17) is 16.7 Å². The molecule has 33 heavy (non-hydrogen) atoms. The Kier molecular flexibility index (Phi) is 5.80. The number of imidazole rings is 1. The number of aromatic amines is 1. The molecule has 0 radical (unpaired) electrons. The Bertz CT molecular complexity index is 1420. The second-order valence-corrected chi connectivity index (χ2v) is 7.47. The first-order valence-corrected chi connectivity index (χ1v) is 9.99. The zero-order valence-electron chi connectivity index (χ0n) is 17.1. The SMILES string of the molecule is CN(C(=O)O)c1nc2ccc(C(=O)c3ccccc3C(=O)Nc3cccc(Cl)c3F)cc2[nH]1. The number of nitrogens with one attached hydrogen (secondary N) is 2. The Labute approximate surface area is 191 Å². The maximum atomic E-state index is 14.2. The van der Waals surface area contributed by atoms with Crippen molar-refractivity contribution < 1.29 is 23.9 Å². The van der Waals surface area contributed by atoms with Crippen molar-refractivity contribution in [3.05, 3.63) is 88.2 Å². The summed E-state index contributed by atoms with van der Waals surface area (Å²) >= 11 is 5.77. The molecule has 3 aromatic carbocycles. The molecule has 1 aromatic heterocycles. The average molecular weight is 467 g/mol. The van der Waals surface area contributed by atoms with E-state index in [0.29, 0.717) is 11.0 Å². The molecule has 4 aromatic rings. The number of aromatic nitrogens is 2. The summed E-state index contributed by atoms with van der Waals surface area (Å²) in [5.41, 5.74) is 1.23. The number of H-pyrrole nitrogens is 1. The Hall–Kier alpha value is -4.24. The molecule has 4 rings (SSSR count). The molecule has 10 heteroatoms. The minimum absolute atomic E-state index is 0.0536. The van der Waals surface area contributed by atoms with E-state index in [9.17, 15) is 18.8 Å². The van der Waals surface area contributed by atoms with Crippen LogP contribution in [0.4, 0.5) is 20.8 Å². The summed E-state index contributed by atoms with van der Waals surface area (Å²) in [7, 11) is 1.34. The molecule has 0 bridgehead atoms. The molecular weight excluding hydrogens is 451 g/mol. The van der Waals surface area contributed by atoms with Crippen LogP contribution in [0.25, 0.3) is 11.0 Å². The highest BCUT2D eigenvalue weighted by atomic mass is 35.5. The van der Waals surface area contributed by atoms with Crippen LogP contribution in [0.15, 0.2) is 60.7 Å². The van der Waals surface area contributed by atoms with Gasteiger partial charge in [-0.2, -0.15) is 0 Å². The van der Waals surface area contributed by atoms with Crippen LogP contribution in [0, 0.1) is 5.82 Å². The van der Waals surface area contributed by atoms with E-state index >= 15 is 0 Å². The number of fused-ring (bicyclic) bond motifs is 1. The predicted octanol–water partition coefficient (Wildman–Crippen LogP) is 4.95. The van der Waals surface area contributed by atoms with Crippen molar-refractivity contribution in [3.8, 4) is 0 Å². The molecule has 3 N–H and O–H groups in total. The zero-order valence-corrected chi connectivity index (χ0v) is 17.9. The van der Waals surface area contributed by atoms with Gasteiger partial charge in [0.2, 0.25) is 5.95 Å². The summed E-state index contributed by atoms with van der Waals surface area (Å²) in [6.07, 6.45) is -1.19. The van der Waals surface area contributed by atoms with Crippen molar-refractivity contribution in [2.45, 2.75) is 0 Å². The number of carbonyl (C=O) groups is 3. The van der Waals surface area contributed by atoms with Crippen LogP contribution in [0.3, 0.4) is 0 Å². The molecule has 166 valence electrons. The molecule has 0 saturated heterocycles. The predicted molar refractivity (Wildman–Crippen MR) is 122 cm³/mol. The molecule has 2 amide bonds. The molecule has 8 nitrogen and oxygen atoms in total. The molecule has 0 unspecified atom stereocenters. The third kappa shape index (κ3) is 4.26. The summed E-state index contributed by atoms with van der Waals surface area (Å²) in [6.45, 7) is 0. The van der Waals surface area contributed by atoms with Crippen molar-refractivity contribution in [1.82, 2.24) is 9.97 Å². The Morgan fingerprint density at radius 3 is 2.52 bits per heavy atom. The van der Waals surface area contributed by atoms with Crippen LogP contribution in [-0.2, 0) is 0 Å². The second kappa shape index (κ2) is 8.71. The molecule has 0 aliphatic carbocycles. The number of hydrogen-bond acceptors (Lipinski definition) is 4. The summed E-state index contributed by atoms with van der Waals surface area (Å²) < 4.78 is 14.2. The lowest BCUT2D eigenvalue weighted by molar-refractivity contribution is 0.0996. The van der Waals surface area contributed by atoms with Crippen LogP contribution >= 0.6 is 11.6 Å². The number of anilines is 2. The highest BCUT2D eigenvalue weighted by Crippen LogP contribution is 2.24. The second-order valence-electron chi connectivity index (χ2n) is 7.06. The van der Waals surface area contributed by atoms with Gasteiger partial charge in [0.05, 0.1) is 27.3 Å². The number of amides is 2. The number of benzene rings is 3. The lowest BCUT2D eigenvalue weighted by Crippen LogP contribution is -2.24. The first-order valence-electron chi connectivity index (χ1n) is 9.61. The van der Waals surface area contributed by atoms with E-state index in [1.807, 2.05) is 0 Å². The number of hydrogen-bond donors (Lipinski definition) is 3. The quantitative estimate of drug-likeness (QED) is 0.360. The molecular formula is C23H16ClFN4O4. The zero-order chi connectivity index (χ0) is 23.7. The van der Waals surface area contributed by atoms with Gasteiger partial charge in [-0.05, 0) is 36.4 Å². The molecule has 0 saturated carbocycles. The maximum Gasteiger partial charge on any atom is 0.413 e. The van der Waals surface area contributed by atoms with Gasteiger partial charge in [0.25, 0.3) is 5.91 Å². The standard InChI is InChI=1S/C23H16ClFN4O4/c1-29(23(32)33)22-27-16-10-9-12(11-18(16)28-22)20(30)13-5-2-3-6-14(13)21(31)26-17-8-4-7-15(24)19(17)25/h2-11H,1H3,(H,26,31)(H,27,28)(H,32,33). The van der Waals surface area contributed by atoms with Gasteiger partial charge in [0, 0.05) is 18.2 Å². The first-order chi connectivity index (χ1) is 15.8. The van der Waals surface area contributed by atoms with Gasteiger partial charge >= 0.3 is 6.09 Å².